The first kappa shape index (κ1) is 13.9. The Morgan fingerprint density at radius 3 is 2.71 bits per heavy atom. The van der Waals surface area contributed by atoms with Gasteiger partial charge in [-0.05, 0) is 26.0 Å². The normalized spacial score (nSPS) is 11.3. The summed E-state index contributed by atoms with van der Waals surface area (Å²) in [6, 6.07) is 4.79. The van der Waals surface area contributed by atoms with Gasteiger partial charge in [0, 0.05) is 24.2 Å². The summed E-state index contributed by atoms with van der Waals surface area (Å²) in [7, 11) is 1.61. The van der Waals surface area contributed by atoms with Crippen molar-refractivity contribution in [2.45, 2.75) is 19.4 Å². The first-order valence-electron chi connectivity index (χ1n) is 5.09. The number of nitrogens with zero attached hydrogens (tertiary/aromatic N) is 1. The van der Waals surface area contributed by atoms with Crippen molar-refractivity contribution in [3.05, 3.63) is 32.8 Å². The molecule has 0 aliphatic rings. The molecule has 0 saturated carbocycles. The molecule has 1 N–H and O–H groups in total. The van der Waals surface area contributed by atoms with Gasteiger partial charge in [-0.25, -0.2) is 0 Å². The number of nitro groups is 1. The predicted octanol–water partition coefficient (Wildman–Crippen LogP) is 3.19. The van der Waals surface area contributed by atoms with Crippen LogP contribution in [0.2, 0.25) is 0 Å². The van der Waals surface area contributed by atoms with Crippen molar-refractivity contribution < 1.29 is 9.66 Å². The third-order valence-corrected chi connectivity index (χ3v) is 2.91. The van der Waals surface area contributed by atoms with Crippen LogP contribution in [0.1, 0.15) is 13.8 Å². The molecular formula is C11H15BrN2O3. The first-order chi connectivity index (χ1) is 7.85. The molecule has 0 amide bonds. The van der Waals surface area contributed by atoms with Crippen LogP contribution in [0.4, 0.5) is 11.4 Å². The fourth-order valence-corrected chi connectivity index (χ4v) is 1.55. The van der Waals surface area contributed by atoms with E-state index in [9.17, 15) is 10.1 Å². The molecule has 0 radical (unpaired) electrons. The van der Waals surface area contributed by atoms with Gasteiger partial charge < -0.3 is 10.1 Å². The minimum Gasteiger partial charge on any atom is -0.377 e. The van der Waals surface area contributed by atoms with Crippen molar-refractivity contribution in [2.75, 3.05) is 19.0 Å². The fraction of sp³-hybridized carbons (Fsp3) is 0.455. The molecule has 1 aromatic rings. The largest absolute Gasteiger partial charge is 0.377 e. The summed E-state index contributed by atoms with van der Waals surface area (Å²) in [5, 5.41) is 13.9. The highest BCUT2D eigenvalue weighted by Crippen LogP contribution is 2.28. The van der Waals surface area contributed by atoms with Gasteiger partial charge in [-0.15, -0.1) is 0 Å². The Hall–Kier alpha value is -1.14. The average molecular weight is 303 g/mol. The second-order valence-electron chi connectivity index (χ2n) is 4.24. The van der Waals surface area contributed by atoms with E-state index < -0.39 is 4.92 Å². The Bertz CT molecular complexity index is 421. The maximum Gasteiger partial charge on any atom is 0.292 e. The molecule has 17 heavy (non-hydrogen) atoms. The fourth-order valence-electron chi connectivity index (χ4n) is 1.19. The Morgan fingerprint density at radius 1 is 1.53 bits per heavy atom. The predicted molar refractivity (Wildman–Crippen MR) is 70.4 cm³/mol. The van der Waals surface area contributed by atoms with E-state index in [1.165, 1.54) is 6.07 Å². The second-order valence-corrected chi connectivity index (χ2v) is 5.15. The molecule has 0 spiro atoms. The lowest BCUT2D eigenvalue weighted by Crippen LogP contribution is -2.32. The summed E-state index contributed by atoms with van der Waals surface area (Å²) in [6.45, 7) is 4.30. The molecule has 94 valence electrons. The molecule has 0 heterocycles. The van der Waals surface area contributed by atoms with Gasteiger partial charge >= 0.3 is 0 Å². The van der Waals surface area contributed by atoms with E-state index in [1.807, 2.05) is 13.8 Å². The molecule has 0 aliphatic carbocycles. The molecule has 0 bridgehead atoms. The van der Waals surface area contributed by atoms with Crippen LogP contribution >= 0.6 is 15.9 Å². The average Bonchev–Trinajstić information content (AvgIpc) is 2.26. The van der Waals surface area contributed by atoms with Gasteiger partial charge in [0.25, 0.3) is 5.69 Å². The Kier molecular flexibility index (Phi) is 4.47. The van der Waals surface area contributed by atoms with Crippen LogP contribution in [0, 0.1) is 10.1 Å². The van der Waals surface area contributed by atoms with Crippen molar-refractivity contribution >= 4 is 27.3 Å². The Balaban J connectivity index is 2.89. The van der Waals surface area contributed by atoms with Gasteiger partial charge in [-0.2, -0.15) is 0 Å². The summed E-state index contributed by atoms with van der Waals surface area (Å²) in [4.78, 5) is 10.4. The molecule has 0 fully saturated rings. The highest BCUT2D eigenvalue weighted by Gasteiger charge is 2.19. The topological polar surface area (TPSA) is 64.4 Å². The van der Waals surface area contributed by atoms with Crippen LogP contribution < -0.4 is 5.32 Å². The molecule has 1 aromatic carbocycles. The molecule has 1 rings (SSSR count). The summed E-state index contributed by atoms with van der Waals surface area (Å²) in [5.41, 5.74) is 0.158. The van der Waals surface area contributed by atoms with Crippen LogP contribution in [0.3, 0.4) is 0 Å². The number of anilines is 1. The van der Waals surface area contributed by atoms with Crippen LogP contribution in [0.25, 0.3) is 0 Å². The van der Waals surface area contributed by atoms with E-state index in [1.54, 1.807) is 19.2 Å². The molecule has 0 unspecified atom stereocenters. The second kappa shape index (κ2) is 5.46. The molecule has 0 aromatic heterocycles. The lowest BCUT2D eigenvalue weighted by molar-refractivity contribution is -0.384. The number of nitrogens with one attached hydrogen (secondary N) is 1. The summed E-state index contributed by atoms with van der Waals surface area (Å²) in [5.74, 6) is 0. The zero-order chi connectivity index (χ0) is 13.1. The SMILES string of the molecule is COC(C)(C)CNc1cc(Br)ccc1[N+](=O)[O-]. The van der Waals surface area contributed by atoms with E-state index in [2.05, 4.69) is 21.2 Å². The molecule has 5 nitrogen and oxygen atoms in total. The molecule has 0 saturated heterocycles. The van der Waals surface area contributed by atoms with E-state index in [4.69, 9.17) is 4.74 Å². The van der Waals surface area contributed by atoms with Crippen LogP contribution in [0.5, 0.6) is 0 Å². The van der Waals surface area contributed by atoms with Gasteiger partial charge in [-0.1, -0.05) is 15.9 Å². The lowest BCUT2D eigenvalue weighted by Gasteiger charge is -2.23. The standard InChI is InChI=1S/C11H15BrN2O3/c1-11(2,17-3)7-13-9-6-8(12)4-5-10(9)14(15)16/h4-6,13H,7H2,1-3H3. The van der Waals surface area contributed by atoms with Crippen LogP contribution in [-0.2, 0) is 4.74 Å². The third kappa shape index (κ3) is 3.98. The number of hydrogen-bond acceptors (Lipinski definition) is 4. The van der Waals surface area contributed by atoms with Gasteiger partial charge in [0.05, 0.1) is 10.5 Å². The van der Waals surface area contributed by atoms with E-state index in [-0.39, 0.29) is 11.3 Å². The minimum atomic E-state index is -0.408. The van der Waals surface area contributed by atoms with E-state index >= 15 is 0 Å². The third-order valence-electron chi connectivity index (χ3n) is 2.41. The number of benzene rings is 1. The van der Waals surface area contributed by atoms with E-state index in [0.29, 0.717) is 12.2 Å². The summed E-state index contributed by atoms with van der Waals surface area (Å²) >= 11 is 3.29. The maximum absolute atomic E-state index is 10.8. The maximum atomic E-state index is 10.8. The van der Waals surface area contributed by atoms with Crippen LogP contribution in [-0.4, -0.2) is 24.2 Å². The smallest absolute Gasteiger partial charge is 0.292 e. The van der Waals surface area contributed by atoms with Crippen LogP contribution in [0.15, 0.2) is 22.7 Å². The molecule has 0 aliphatic heterocycles. The van der Waals surface area contributed by atoms with Gasteiger partial charge in [0.2, 0.25) is 0 Å². The van der Waals surface area contributed by atoms with E-state index in [0.717, 1.165) is 4.47 Å². The Morgan fingerprint density at radius 2 is 2.18 bits per heavy atom. The zero-order valence-electron chi connectivity index (χ0n) is 9.99. The Labute approximate surface area is 108 Å². The van der Waals surface area contributed by atoms with Gasteiger partial charge in [0.1, 0.15) is 5.69 Å². The van der Waals surface area contributed by atoms with Gasteiger partial charge in [0.15, 0.2) is 0 Å². The van der Waals surface area contributed by atoms with Crippen molar-refractivity contribution in [1.82, 2.24) is 0 Å². The summed E-state index contributed by atoms with van der Waals surface area (Å²) in [6.07, 6.45) is 0. The van der Waals surface area contributed by atoms with Crippen molar-refractivity contribution in [3.8, 4) is 0 Å². The number of halogens is 1. The zero-order valence-corrected chi connectivity index (χ0v) is 11.6. The monoisotopic (exact) mass is 302 g/mol. The summed E-state index contributed by atoms with van der Waals surface area (Å²) < 4.78 is 6.04. The molecular weight excluding hydrogens is 288 g/mol. The number of rotatable bonds is 5. The molecule has 0 atom stereocenters. The lowest BCUT2D eigenvalue weighted by atomic mass is 10.1. The number of nitro benzene ring substituents is 1. The number of ether oxygens (including phenoxy) is 1. The van der Waals surface area contributed by atoms with Crippen molar-refractivity contribution in [3.63, 3.8) is 0 Å². The van der Waals surface area contributed by atoms with Gasteiger partial charge in [-0.3, -0.25) is 10.1 Å². The highest BCUT2D eigenvalue weighted by molar-refractivity contribution is 9.10. The minimum absolute atomic E-state index is 0.0557. The highest BCUT2D eigenvalue weighted by atomic mass is 79.9. The van der Waals surface area contributed by atoms with Crippen molar-refractivity contribution in [2.24, 2.45) is 0 Å². The number of hydrogen-bond donors (Lipinski definition) is 1. The first-order valence-corrected chi connectivity index (χ1v) is 5.88. The number of methoxy groups -OCH3 is 1. The van der Waals surface area contributed by atoms with Crippen molar-refractivity contribution in [1.29, 1.82) is 0 Å². The molecule has 6 heteroatoms. The quantitative estimate of drug-likeness (QED) is 0.670.